The highest BCUT2D eigenvalue weighted by atomic mass is 16.7. The lowest BCUT2D eigenvalue weighted by Gasteiger charge is -2.20. The van der Waals surface area contributed by atoms with Gasteiger partial charge in [0.1, 0.15) is 0 Å². The minimum Gasteiger partial charge on any atom is -0.481 e. The molecule has 1 aliphatic rings. The zero-order valence-electron chi connectivity index (χ0n) is 21.9. The van der Waals surface area contributed by atoms with Gasteiger partial charge >= 0.3 is 5.97 Å². The van der Waals surface area contributed by atoms with Crippen molar-refractivity contribution in [3.63, 3.8) is 0 Å². The van der Waals surface area contributed by atoms with Gasteiger partial charge in [0.05, 0.1) is 12.0 Å². The third-order valence-corrected chi connectivity index (χ3v) is 5.05. The van der Waals surface area contributed by atoms with Crippen LogP contribution in [0.2, 0.25) is 0 Å². The fraction of sp³-hybridized carbons (Fsp3) is 0.519. The molecule has 5 N–H and O–H groups in total. The number of aliphatic hydroxyl groups excluding tert-OH is 1. The molecule has 1 aliphatic heterocycles. The van der Waals surface area contributed by atoms with Gasteiger partial charge in [-0.15, -0.1) is 0 Å². The highest BCUT2D eigenvalue weighted by Gasteiger charge is 2.24. The molecule has 34 heavy (non-hydrogen) atoms. The molecule has 0 aromatic heterocycles. The number of benzene rings is 2. The van der Waals surface area contributed by atoms with Gasteiger partial charge in [-0.2, -0.15) is 5.48 Å². The number of hydrogen-bond donors (Lipinski definition) is 5. The number of hydroxylamine groups is 1. The second-order valence-electron chi connectivity index (χ2n) is 9.82. The Morgan fingerprint density at radius 1 is 1.06 bits per heavy atom. The Labute approximate surface area is 204 Å². The molecular weight excluding hydrogens is 432 g/mol. The van der Waals surface area contributed by atoms with Crippen molar-refractivity contribution in [3.05, 3.63) is 57.6 Å². The molecule has 0 saturated heterocycles. The lowest BCUT2D eigenvalue weighted by molar-refractivity contribution is -0.136. The van der Waals surface area contributed by atoms with Gasteiger partial charge in [-0.05, 0) is 94.3 Å². The van der Waals surface area contributed by atoms with E-state index in [4.69, 9.17) is 10.2 Å². The molecule has 0 amide bonds. The Morgan fingerprint density at radius 3 is 1.97 bits per heavy atom. The first kappa shape index (κ1) is 29.7. The summed E-state index contributed by atoms with van der Waals surface area (Å²) < 4.78 is 0. The number of aliphatic hydroxyl groups is 2. The average Bonchev–Trinajstić information content (AvgIpc) is 3.21. The van der Waals surface area contributed by atoms with E-state index in [1.165, 1.54) is 22.3 Å². The summed E-state index contributed by atoms with van der Waals surface area (Å²) in [5, 5.41) is 29.3. The number of aliphatic carboxylic acids is 1. The highest BCUT2D eigenvalue weighted by molar-refractivity contribution is 5.81. The van der Waals surface area contributed by atoms with Crippen molar-refractivity contribution in [3.8, 4) is 11.1 Å². The van der Waals surface area contributed by atoms with Crippen molar-refractivity contribution < 1.29 is 25.0 Å². The minimum atomic E-state index is -0.776. The van der Waals surface area contributed by atoms with E-state index >= 15 is 0 Å². The summed E-state index contributed by atoms with van der Waals surface area (Å²) >= 11 is 0. The van der Waals surface area contributed by atoms with Crippen molar-refractivity contribution in [2.75, 3.05) is 6.79 Å². The number of carbonyl (C=O) groups is 1. The number of fused-ring (bicyclic) bond motifs is 1. The van der Waals surface area contributed by atoms with E-state index in [1.54, 1.807) is 20.8 Å². The molecule has 0 bridgehead atoms. The third-order valence-electron chi connectivity index (χ3n) is 5.05. The molecule has 190 valence electrons. The molecule has 0 fully saturated rings. The standard InChI is InChI=1S/C19H21NO2.C4H11NO2.C4H10O/c1-11-4-6-14(7-5-11)19-13(3)17-10-20-9-16(17)12(2)15(19)8-18(21)22;1-4(2)5-7-3-6;1-4(2,3)5/h4-7,20H,8-10H2,1-3H3,(H,21,22);4-6H,3H2,1-2H3;5H,1-3H3. The topological polar surface area (TPSA) is 111 Å². The molecule has 2 aromatic rings. The van der Waals surface area contributed by atoms with Crippen molar-refractivity contribution in [1.82, 2.24) is 10.8 Å². The molecule has 0 saturated carbocycles. The molecule has 3 rings (SSSR count). The SMILES string of the molecule is CC(C)(C)O.CC(C)NOCO.Cc1ccc(-c2c(C)c3c(c(C)c2CC(=O)O)CNC3)cc1. The number of carboxylic acid groups (broad SMARTS) is 1. The lowest BCUT2D eigenvalue weighted by Crippen LogP contribution is -2.23. The van der Waals surface area contributed by atoms with Crippen LogP contribution in [0.15, 0.2) is 24.3 Å². The van der Waals surface area contributed by atoms with Crippen molar-refractivity contribution >= 4 is 5.97 Å². The number of nitrogens with one attached hydrogen (secondary N) is 2. The maximum absolute atomic E-state index is 11.4. The predicted molar refractivity (Wildman–Crippen MR) is 136 cm³/mol. The van der Waals surface area contributed by atoms with Crippen LogP contribution in [0.5, 0.6) is 0 Å². The first-order valence-corrected chi connectivity index (χ1v) is 11.6. The molecule has 0 atom stereocenters. The molecule has 7 nitrogen and oxygen atoms in total. The van der Waals surface area contributed by atoms with Crippen LogP contribution >= 0.6 is 0 Å². The fourth-order valence-corrected chi connectivity index (χ4v) is 3.68. The lowest BCUT2D eigenvalue weighted by atomic mass is 9.84. The van der Waals surface area contributed by atoms with E-state index in [9.17, 15) is 9.90 Å². The summed E-state index contributed by atoms with van der Waals surface area (Å²) in [5.74, 6) is -0.776. The number of aryl methyl sites for hydroxylation is 1. The van der Waals surface area contributed by atoms with Gasteiger partial charge in [-0.3, -0.25) is 9.63 Å². The van der Waals surface area contributed by atoms with Crippen LogP contribution in [0.1, 0.15) is 68.0 Å². The number of carboxylic acids is 1. The van der Waals surface area contributed by atoms with Crippen molar-refractivity contribution in [1.29, 1.82) is 0 Å². The zero-order chi connectivity index (χ0) is 26.1. The van der Waals surface area contributed by atoms with Gasteiger partial charge in [0, 0.05) is 19.1 Å². The van der Waals surface area contributed by atoms with Gasteiger partial charge in [-0.1, -0.05) is 29.8 Å². The van der Waals surface area contributed by atoms with Crippen LogP contribution in [0.25, 0.3) is 11.1 Å². The summed E-state index contributed by atoms with van der Waals surface area (Å²) in [6.45, 7) is 16.8. The van der Waals surface area contributed by atoms with E-state index in [0.717, 1.165) is 35.3 Å². The van der Waals surface area contributed by atoms with E-state index in [-0.39, 0.29) is 19.3 Å². The number of rotatable bonds is 6. The molecule has 7 heteroatoms. The van der Waals surface area contributed by atoms with Gasteiger partial charge in [0.25, 0.3) is 0 Å². The monoisotopic (exact) mass is 474 g/mol. The van der Waals surface area contributed by atoms with Crippen LogP contribution < -0.4 is 10.8 Å². The van der Waals surface area contributed by atoms with E-state index in [2.05, 4.69) is 60.7 Å². The molecular formula is C27H42N2O5. The van der Waals surface area contributed by atoms with Crippen LogP contribution in [0.4, 0.5) is 0 Å². The van der Waals surface area contributed by atoms with Gasteiger partial charge < -0.3 is 20.6 Å². The first-order valence-electron chi connectivity index (χ1n) is 11.6. The predicted octanol–water partition coefficient (Wildman–Crippen LogP) is 4.15. The average molecular weight is 475 g/mol. The zero-order valence-corrected chi connectivity index (χ0v) is 21.9. The van der Waals surface area contributed by atoms with Crippen LogP contribution in [0, 0.1) is 20.8 Å². The van der Waals surface area contributed by atoms with E-state index in [1.807, 2.05) is 13.8 Å². The maximum atomic E-state index is 11.4. The molecule has 2 aromatic carbocycles. The molecule has 0 radical (unpaired) electrons. The van der Waals surface area contributed by atoms with Crippen LogP contribution in [-0.2, 0) is 29.1 Å². The molecule has 1 heterocycles. The van der Waals surface area contributed by atoms with E-state index < -0.39 is 11.6 Å². The Hall–Kier alpha value is -2.29. The van der Waals surface area contributed by atoms with Crippen LogP contribution in [0.3, 0.4) is 0 Å². The van der Waals surface area contributed by atoms with Crippen molar-refractivity contribution in [2.24, 2.45) is 0 Å². The maximum Gasteiger partial charge on any atom is 0.307 e. The summed E-state index contributed by atoms with van der Waals surface area (Å²) in [4.78, 5) is 15.8. The minimum absolute atomic E-state index is 0.0726. The van der Waals surface area contributed by atoms with Gasteiger partial charge in [0.15, 0.2) is 6.79 Å². The number of hydrogen-bond acceptors (Lipinski definition) is 6. The Bertz CT molecular complexity index is 926. The van der Waals surface area contributed by atoms with Crippen molar-refractivity contribution in [2.45, 2.75) is 86.5 Å². The summed E-state index contributed by atoms with van der Waals surface area (Å²) in [7, 11) is 0. The molecule has 0 spiro atoms. The molecule has 0 unspecified atom stereocenters. The quantitative estimate of drug-likeness (QED) is 0.316. The van der Waals surface area contributed by atoms with Gasteiger partial charge in [0.2, 0.25) is 0 Å². The fourth-order valence-electron chi connectivity index (χ4n) is 3.68. The van der Waals surface area contributed by atoms with Gasteiger partial charge in [-0.25, -0.2) is 0 Å². The highest BCUT2D eigenvalue weighted by Crippen LogP contribution is 2.37. The molecule has 0 aliphatic carbocycles. The summed E-state index contributed by atoms with van der Waals surface area (Å²) in [6, 6.07) is 8.63. The first-order chi connectivity index (χ1) is 15.8. The normalized spacial score (nSPS) is 12.4. The largest absolute Gasteiger partial charge is 0.481 e. The Morgan fingerprint density at radius 2 is 1.56 bits per heavy atom. The summed E-state index contributed by atoms with van der Waals surface area (Å²) in [6.07, 6.45) is 0.0726. The van der Waals surface area contributed by atoms with Crippen LogP contribution in [-0.4, -0.2) is 39.7 Å². The smallest absolute Gasteiger partial charge is 0.307 e. The Balaban J connectivity index is 0.000000401. The summed E-state index contributed by atoms with van der Waals surface area (Å²) in [5.41, 5.74) is 11.4. The Kier molecular flexibility index (Phi) is 11.9. The second kappa shape index (κ2) is 13.6. The second-order valence-corrected chi connectivity index (χ2v) is 9.82. The third kappa shape index (κ3) is 9.91. The van der Waals surface area contributed by atoms with E-state index in [0.29, 0.717) is 0 Å².